The number of rotatable bonds is 14. The molecule has 3 N–H and O–H groups in total. The summed E-state index contributed by atoms with van der Waals surface area (Å²) in [7, 11) is -7.30. The topological polar surface area (TPSA) is 142 Å². The number of nitrogens with one attached hydrogen (secondary N) is 2. The lowest BCUT2D eigenvalue weighted by Gasteiger charge is -2.36. The zero-order chi connectivity index (χ0) is 34.2. The van der Waals surface area contributed by atoms with Crippen LogP contribution in [0.5, 0.6) is 5.75 Å². The Labute approximate surface area is 282 Å². The molecule has 0 aromatic heterocycles. The molecule has 2 amide bonds. The van der Waals surface area contributed by atoms with Gasteiger partial charge in [0.05, 0.1) is 27.5 Å². The number of ether oxygens (including phenoxy) is 1. The minimum absolute atomic E-state index is 0.00221. The van der Waals surface area contributed by atoms with Gasteiger partial charge in [-0.15, -0.1) is 11.8 Å². The van der Waals surface area contributed by atoms with Crippen molar-refractivity contribution in [1.82, 2.24) is 10.6 Å². The molecule has 10 nitrogen and oxygen atoms in total. The van der Waals surface area contributed by atoms with E-state index in [0.29, 0.717) is 29.1 Å². The number of nitrogens with zero attached hydrogens (tertiary/aromatic N) is 1. The summed E-state index contributed by atoms with van der Waals surface area (Å²) in [5, 5.41) is 5.08. The Morgan fingerprint density at radius 1 is 1.09 bits per heavy atom. The van der Waals surface area contributed by atoms with Gasteiger partial charge in [0.15, 0.2) is 16.4 Å². The van der Waals surface area contributed by atoms with Crippen LogP contribution in [0.25, 0.3) is 0 Å². The van der Waals surface area contributed by atoms with Crippen molar-refractivity contribution in [2.75, 3.05) is 43.0 Å². The first-order valence-electron chi connectivity index (χ1n) is 15.6. The normalized spacial score (nSPS) is 19.0. The van der Waals surface area contributed by atoms with Crippen LogP contribution in [0, 0.1) is 5.41 Å². The number of carbonyl (C=O) groups excluding carboxylic acids is 2. The third-order valence-electron chi connectivity index (χ3n) is 8.35. The standard InChI is InChI=1S/C34H44N3O7PS2/c1-5-7-18-34(6-2)22-37(26-16-12-9-13-17-26)27-19-29(46-4)28(20-30(27)47(42,43)23-34)44-21-31(38)36-32(25-14-10-8-11-15-25)33(39)35-24-45(3,40)41/h8-17,19-20,32H,5-7,18,21-24H2,1-4H3,(H,35,39)(H,36,38)(H,40,41)/t32-,34?/m1/s1. The molecule has 3 aromatic rings. The number of sulfone groups is 1. The molecule has 254 valence electrons. The summed E-state index contributed by atoms with van der Waals surface area (Å²) in [6, 6.07) is 20.5. The van der Waals surface area contributed by atoms with E-state index in [9.17, 15) is 27.5 Å². The first-order valence-corrected chi connectivity index (χ1v) is 20.8. The molecule has 0 bridgehead atoms. The van der Waals surface area contributed by atoms with E-state index in [1.165, 1.54) is 17.8 Å². The fourth-order valence-corrected chi connectivity index (χ4v) is 8.93. The van der Waals surface area contributed by atoms with Crippen molar-refractivity contribution in [2.24, 2.45) is 5.41 Å². The molecular weight excluding hydrogens is 657 g/mol. The lowest BCUT2D eigenvalue weighted by atomic mass is 9.81. The molecule has 1 aliphatic rings. The molecule has 1 heterocycles. The van der Waals surface area contributed by atoms with Crippen molar-refractivity contribution in [3.63, 3.8) is 0 Å². The van der Waals surface area contributed by atoms with Crippen molar-refractivity contribution in [2.45, 2.75) is 55.4 Å². The van der Waals surface area contributed by atoms with E-state index in [1.807, 2.05) is 42.7 Å². The SMILES string of the molecule is CCCCC1(CC)CN(c2ccccc2)c2cc(SC)c(OCC(=O)N[C@@H](C(=O)NCP(C)(=O)O)c3ccccc3)cc2S(=O)(=O)C1. The molecule has 0 fully saturated rings. The fourth-order valence-electron chi connectivity index (χ4n) is 5.76. The maximum atomic E-state index is 14.2. The second kappa shape index (κ2) is 15.7. The zero-order valence-electron chi connectivity index (χ0n) is 27.3. The lowest BCUT2D eigenvalue weighted by Crippen LogP contribution is -2.42. The van der Waals surface area contributed by atoms with Gasteiger partial charge in [0.1, 0.15) is 11.8 Å². The minimum Gasteiger partial charge on any atom is -0.483 e. The Balaban J connectivity index is 1.66. The quantitative estimate of drug-likeness (QED) is 0.134. The van der Waals surface area contributed by atoms with E-state index < -0.39 is 53.4 Å². The number of hydrogen-bond donors (Lipinski definition) is 3. The predicted molar refractivity (Wildman–Crippen MR) is 188 cm³/mol. The number of carbonyl (C=O) groups is 2. The molecule has 4 rings (SSSR count). The number of fused-ring (bicyclic) bond motifs is 1. The highest BCUT2D eigenvalue weighted by Crippen LogP contribution is 2.47. The largest absolute Gasteiger partial charge is 0.483 e. The number of amides is 2. The molecule has 0 spiro atoms. The van der Waals surface area contributed by atoms with E-state index in [2.05, 4.69) is 29.4 Å². The average molecular weight is 702 g/mol. The first-order chi connectivity index (χ1) is 22.3. The van der Waals surface area contributed by atoms with Crippen LogP contribution in [0.2, 0.25) is 0 Å². The fraction of sp³-hybridized carbons (Fsp3) is 0.412. The van der Waals surface area contributed by atoms with Crippen LogP contribution < -0.4 is 20.3 Å². The summed E-state index contributed by atoms with van der Waals surface area (Å²) in [5.41, 5.74) is 1.48. The first kappa shape index (κ1) is 36.5. The maximum Gasteiger partial charge on any atom is 0.258 e. The van der Waals surface area contributed by atoms with E-state index in [4.69, 9.17) is 4.74 Å². The molecule has 13 heteroatoms. The van der Waals surface area contributed by atoms with Crippen LogP contribution in [-0.2, 0) is 24.0 Å². The second-order valence-corrected chi connectivity index (χ2v) is 17.3. The van der Waals surface area contributed by atoms with Crippen molar-refractivity contribution in [3.05, 3.63) is 78.4 Å². The van der Waals surface area contributed by atoms with Crippen LogP contribution in [0.3, 0.4) is 0 Å². The number of benzene rings is 3. The van der Waals surface area contributed by atoms with E-state index in [-0.39, 0.29) is 16.4 Å². The predicted octanol–water partition coefficient (Wildman–Crippen LogP) is 6.13. The van der Waals surface area contributed by atoms with Crippen LogP contribution in [0.15, 0.2) is 82.6 Å². The molecule has 0 saturated heterocycles. The smallest absolute Gasteiger partial charge is 0.258 e. The molecule has 47 heavy (non-hydrogen) atoms. The summed E-state index contributed by atoms with van der Waals surface area (Å²) >= 11 is 1.38. The third kappa shape index (κ3) is 9.41. The Hall–Kier alpha value is -3.31. The molecular formula is C34H44N3O7PS2. The van der Waals surface area contributed by atoms with Gasteiger partial charge in [-0.25, -0.2) is 8.42 Å². The van der Waals surface area contributed by atoms with Crippen molar-refractivity contribution in [3.8, 4) is 5.75 Å². The Kier molecular flexibility index (Phi) is 12.2. The van der Waals surface area contributed by atoms with Gasteiger partial charge in [-0.1, -0.05) is 75.2 Å². The van der Waals surface area contributed by atoms with Gasteiger partial charge in [0.25, 0.3) is 5.91 Å². The van der Waals surface area contributed by atoms with Crippen LogP contribution in [0.4, 0.5) is 11.4 Å². The zero-order valence-corrected chi connectivity index (χ0v) is 29.8. The number of thioether (sulfide) groups is 1. The number of unbranched alkanes of at least 4 members (excludes halogenated alkanes) is 1. The molecule has 3 aromatic carbocycles. The molecule has 0 saturated carbocycles. The molecule has 3 atom stereocenters. The summed E-state index contributed by atoms with van der Waals surface area (Å²) in [6.45, 7) is 5.35. The summed E-state index contributed by atoms with van der Waals surface area (Å²) in [4.78, 5) is 38.7. The Bertz CT molecular complexity index is 1700. The highest BCUT2D eigenvalue weighted by molar-refractivity contribution is 7.98. The molecule has 0 radical (unpaired) electrons. The van der Waals surface area contributed by atoms with Crippen LogP contribution >= 0.6 is 19.1 Å². The lowest BCUT2D eigenvalue weighted by molar-refractivity contribution is -0.130. The summed E-state index contributed by atoms with van der Waals surface area (Å²) in [6.07, 6.45) is 4.77. The molecule has 1 aliphatic heterocycles. The average Bonchev–Trinajstić information content (AvgIpc) is 3.15. The van der Waals surface area contributed by atoms with Gasteiger partial charge < -0.3 is 25.2 Å². The van der Waals surface area contributed by atoms with Crippen molar-refractivity contribution in [1.29, 1.82) is 0 Å². The second-order valence-electron chi connectivity index (χ2n) is 12.1. The van der Waals surface area contributed by atoms with E-state index in [0.717, 1.165) is 31.6 Å². The molecule has 0 aliphatic carbocycles. The summed E-state index contributed by atoms with van der Waals surface area (Å²) < 4.78 is 46.1. The van der Waals surface area contributed by atoms with E-state index in [1.54, 1.807) is 30.3 Å². The van der Waals surface area contributed by atoms with Crippen LogP contribution in [-0.4, -0.2) is 63.2 Å². The molecule has 2 unspecified atom stereocenters. The van der Waals surface area contributed by atoms with Gasteiger partial charge in [-0.3, -0.25) is 14.2 Å². The van der Waals surface area contributed by atoms with Crippen molar-refractivity contribution < 1.29 is 32.2 Å². The van der Waals surface area contributed by atoms with E-state index >= 15 is 0 Å². The highest BCUT2D eigenvalue weighted by atomic mass is 32.2. The maximum absolute atomic E-state index is 14.2. The monoisotopic (exact) mass is 701 g/mol. The van der Waals surface area contributed by atoms with Gasteiger partial charge >= 0.3 is 0 Å². The minimum atomic E-state index is -3.77. The third-order valence-corrected chi connectivity index (χ3v) is 11.8. The van der Waals surface area contributed by atoms with Crippen molar-refractivity contribution >= 4 is 52.2 Å². The number of para-hydroxylation sites is 1. The van der Waals surface area contributed by atoms with Crippen LogP contribution in [0.1, 0.15) is 51.1 Å². The van der Waals surface area contributed by atoms with Gasteiger partial charge in [0.2, 0.25) is 13.3 Å². The number of hydrogen-bond acceptors (Lipinski definition) is 8. The van der Waals surface area contributed by atoms with Gasteiger partial charge in [-0.05, 0) is 42.9 Å². The summed E-state index contributed by atoms with van der Waals surface area (Å²) in [5.74, 6) is -1.03. The van der Waals surface area contributed by atoms with Gasteiger partial charge in [-0.2, -0.15) is 0 Å². The van der Waals surface area contributed by atoms with Gasteiger partial charge in [0, 0.05) is 30.4 Å². The Morgan fingerprint density at radius 3 is 2.34 bits per heavy atom. The Morgan fingerprint density at radius 2 is 1.74 bits per heavy atom. The number of anilines is 2. The highest BCUT2D eigenvalue weighted by Gasteiger charge is 2.42.